The van der Waals surface area contributed by atoms with Crippen molar-refractivity contribution in [1.29, 1.82) is 0 Å². The quantitative estimate of drug-likeness (QED) is 0.0435. The van der Waals surface area contributed by atoms with Crippen molar-refractivity contribution >= 4 is 42.1 Å². The van der Waals surface area contributed by atoms with Gasteiger partial charge < -0.3 is 4.74 Å². The Labute approximate surface area is 342 Å². The SMILES string of the molecule is CCCCCCC.CCCOC(=O)C(CCC)[C@H](CC(=O)c1ccccc1)c1ccccc1.O=C(/C=C/c1ccccc1)c1ccccc1.O=C=O.O=C=O.O=C=O. The highest BCUT2D eigenvalue weighted by Gasteiger charge is 2.32. The number of esters is 1. The number of carbonyl (C=O) groups excluding carboxylic acids is 9. The molecule has 0 heterocycles. The summed E-state index contributed by atoms with van der Waals surface area (Å²) in [6.07, 6.45) is 13.9. The van der Waals surface area contributed by atoms with Crippen LogP contribution in [0.4, 0.5) is 0 Å². The molecule has 4 rings (SSSR count). The van der Waals surface area contributed by atoms with Crippen molar-refractivity contribution in [3.8, 4) is 0 Å². The molecule has 10 heteroatoms. The van der Waals surface area contributed by atoms with Crippen LogP contribution in [0, 0.1) is 5.92 Å². The molecule has 308 valence electrons. The van der Waals surface area contributed by atoms with Crippen molar-refractivity contribution in [1.82, 2.24) is 0 Å². The predicted octanol–water partition coefficient (Wildman–Crippen LogP) is 10.2. The van der Waals surface area contributed by atoms with E-state index in [1.165, 1.54) is 32.1 Å². The van der Waals surface area contributed by atoms with Gasteiger partial charge >= 0.3 is 24.4 Å². The number of hydrogen-bond donors (Lipinski definition) is 0. The van der Waals surface area contributed by atoms with Gasteiger partial charge in [-0.1, -0.05) is 194 Å². The number of allylic oxidation sites excluding steroid dienone is 1. The fourth-order valence-electron chi connectivity index (χ4n) is 5.35. The van der Waals surface area contributed by atoms with E-state index in [9.17, 15) is 14.4 Å². The molecule has 0 bridgehead atoms. The van der Waals surface area contributed by atoms with Crippen molar-refractivity contribution in [3.63, 3.8) is 0 Å². The van der Waals surface area contributed by atoms with Gasteiger partial charge in [-0.05, 0) is 30.0 Å². The summed E-state index contributed by atoms with van der Waals surface area (Å²) >= 11 is 0. The molecule has 0 aliphatic heterocycles. The summed E-state index contributed by atoms with van der Waals surface area (Å²) in [5.41, 5.74) is 3.45. The molecule has 0 saturated carbocycles. The molecule has 0 aliphatic rings. The molecule has 0 N–H and O–H groups in total. The average molecular weight is 793 g/mol. The normalized spacial score (nSPS) is 10.3. The highest BCUT2D eigenvalue weighted by atomic mass is 16.5. The second kappa shape index (κ2) is 38.8. The Morgan fingerprint density at radius 2 is 0.983 bits per heavy atom. The zero-order valence-electron chi connectivity index (χ0n) is 34.0. The van der Waals surface area contributed by atoms with E-state index in [1.54, 1.807) is 6.08 Å². The van der Waals surface area contributed by atoms with E-state index in [2.05, 4.69) is 20.8 Å². The molecule has 0 saturated heterocycles. The lowest BCUT2D eigenvalue weighted by Gasteiger charge is -2.25. The summed E-state index contributed by atoms with van der Waals surface area (Å²) in [6.45, 7) is 8.95. The fourth-order valence-corrected chi connectivity index (χ4v) is 5.35. The van der Waals surface area contributed by atoms with Crippen LogP contribution in [0.15, 0.2) is 127 Å². The standard InChI is InChI=1S/C23H28O3.C15H12O.C7H16.3CO2/c1-3-11-20(23(25)26-16-4-2)21(18-12-7-5-8-13-18)17-22(24)19-14-9-6-10-15-19;16-15(14-9-5-2-6-10-14)12-11-13-7-3-1-4-8-13;1-3-5-7-6-4-2;3*2-1-3/h5-10,12-15,20-21H,3-4,11,16-17H2,1-2H3;1-12H;3-7H2,1-2H3;;;/b;12-11+;;;;/t20?,21-;;;;;/m1...../s1. The van der Waals surface area contributed by atoms with Crippen LogP contribution in [0.1, 0.15) is 123 Å². The van der Waals surface area contributed by atoms with Gasteiger partial charge in [0.25, 0.3) is 0 Å². The van der Waals surface area contributed by atoms with Gasteiger partial charge in [0.05, 0.1) is 12.5 Å². The zero-order chi connectivity index (χ0) is 43.7. The molecule has 4 aromatic carbocycles. The van der Waals surface area contributed by atoms with Gasteiger partial charge in [-0.3, -0.25) is 14.4 Å². The molecule has 0 aliphatic carbocycles. The lowest BCUT2D eigenvalue weighted by molar-refractivity contribution is -0.193. The van der Waals surface area contributed by atoms with Crippen molar-refractivity contribution in [2.75, 3.05) is 6.61 Å². The maximum absolute atomic E-state index is 12.8. The van der Waals surface area contributed by atoms with Gasteiger partial charge in [-0.25, -0.2) is 0 Å². The van der Waals surface area contributed by atoms with Crippen LogP contribution in [-0.2, 0) is 38.3 Å². The van der Waals surface area contributed by atoms with Crippen molar-refractivity contribution < 1.29 is 47.9 Å². The third kappa shape index (κ3) is 27.2. The average Bonchev–Trinajstić information content (AvgIpc) is 3.26. The van der Waals surface area contributed by atoms with E-state index in [1.807, 2.05) is 134 Å². The van der Waals surface area contributed by atoms with Gasteiger partial charge in [0.15, 0.2) is 11.6 Å². The zero-order valence-corrected chi connectivity index (χ0v) is 34.0. The van der Waals surface area contributed by atoms with E-state index in [4.69, 9.17) is 33.5 Å². The summed E-state index contributed by atoms with van der Waals surface area (Å²) in [5.74, 6) is -0.577. The highest BCUT2D eigenvalue weighted by molar-refractivity contribution is 6.06. The third-order valence-electron chi connectivity index (χ3n) is 8.06. The minimum absolute atomic E-state index is 0.0319. The van der Waals surface area contributed by atoms with E-state index in [0.717, 1.165) is 29.5 Å². The topological polar surface area (TPSA) is 163 Å². The Balaban J connectivity index is 0. The Kier molecular flexibility index (Phi) is 35.9. The molecule has 1 unspecified atom stereocenters. The summed E-state index contributed by atoms with van der Waals surface area (Å²) in [4.78, 5) is 86.0. The number of ketones is 2. The first-order chi connectivity index (χ1) is 28.2. The van der Waals surface area contributed by atoms with Crippen LogP contribution in [0.5, 0.6) is 0 Å². The minimum Gasteiger partial charge on any atom is -0.465 e. The van der Waals surface area contributed by atoms with E-state index < -0.39 is 0 Å². The Morgan fingerprint density at radius 3 is 1.41 bits per heavy atom. The largest absolute Gasteiger partial charge is 0.465 e. The molecule has 4 aromatic rings. The molecule has 0 amide bonds. The van der Waals surface area contributed by atoms with Gasteiger partial charge in [0.1, 0.15) is 0 Å². The number of hydrogen-bond acceptors (Lipinski definition) is 10. The van der Waals surface area contributed by atoms with Gasteiger partial charge in [0, 0.05) is 23.5 Å². The van der Waals surface area contributed by atoms with Crippen LogP contribution in [0.3, 0.4) is 0 Å². The fraction of sp³-hybridized carbons (Fsp3) is 0.333. The van der Waals surface area contributed by atoms with Gasteiger partial charge in [0.2, 0.25) is 0 Å². The van der Waals surface area contributed by atoms with E-state index >= 15 is 0 Å². The van der Waals surface area contributed by atoms with E-state index in [-0.39, 0.29) is 47.8 Å². The summed E-state index contributed by atoms with van der Waals surface area (Å²) in [7, 11) is 0. The predicted molar refractivity (Wildman–Crippen MR) is 220 cm³/mol. The van der Waals surface area contributed by atoms with Crippen LogP contribution in [0.2, 0.25) is 0 Å². The van der Waals surface area contributed by atoms with Crippen LogP contribution in [0.25, 0.3) is 6.08 Å². The number of unbranched alkanes of at least 4 members (excludes halogenated alkanes) is 4. The molecule has 58 heavy (non-hydrogen) atoms. The van der Waals surface area contributed by atoms with E-state index in [0.29, 0.717) is 25.0 Å². The number of ether oxygens (including phenoxy) is 1. The number of benzene rings is 4. The molecule has 0 fully saturated rings. The van der Waals surface area contributed by atoms with Crippen molar-refractivity contribution in [3.05, 3.63) is 150 Å². The Hall–Kier alpha value is -6.43. The highest BCUT2D eigenvalue weighted by Crippen LogP contribution is 2.33. The lowest BCUT2D eigenvalue weighted by atomic mass is 9.79. The Morgan fingerprint density at radius 1 is 0.552 bits per heavy atom. The number of Topliss-reactive ketones (excluding diaryl/α,β-unsaturated/α-hetero) is 1. The van der Waals surface area contributed by atoms with Crippen LogP contribution >= 0.6 is 0 Å². The number of rotatable bonds is 17. The smallest absolute Gasteiger partial charge is 0.373 e. The van der Waals surface area contributed by atoms with Crippen LogP contribution in [-0.4, -0.2) is 42.6 Å². The first-order valence-corrected chi connectivity index (χ1v) is 19.3. The summed E-state index contributed by atoms with van der Waals surface area (Å²) < 4.78 is 5.45. The summed E-state index contributed by atoms with van der Waals surface area (Å²) in [6, 6.07) is 38.2. The second-order valence-electron chi connectivity index (χ2n) is 12.4. The third-order valence-corrected chi connectivity index (χ3v) is 8.06. The maximum Gasteiger partial charge on any atom is 0.373 e. The molecule has 2 atom stereocenters. The van der Waals surface area contributed by atoms with Crippen LogP contribution < -0.4 is 0 Å². The van der Waals surface area contributed by atoms with Gasteiger partial charge in [-0.2, -0.15) is 28.8 Å². The Bertz CT molecular complexity index is 1720. The second-order valence-corrected chi connectivity index (χ2v) is 12.4. The molecule has 0 spiro atoms. The van der Waals surface area contributed by atoms with Gasteiger partial charge in [-0.15, -0.1) is 0 Å². The first-order valence-electron chi connectivity index (χ1n) is 19.3. The number of carbonyl (C=O) groups is 3. The molecule has 0 radical (unpaired) electrons. The first kappa shape index (κ1) is 53.7. The summed E-state index contributed by atoms with van der Waals surface area (Å²) in [5, 5.41) is 0. The molecular formula is C48H56O10. The minimum atomic E-state index is -0.304. The maximum atomic E-state index is 12.8. The van der Waals surface area contributed by atoms with Crippen molar-refractivity contribution in [2.45, 2.75) is 91.4 Å². The molecule has 0 aromatic heterocycles. The lowest BCUT2D eigenvalue weighted by Crippen LogP contribution is -2.27. The molecule has 10 nitrogen and oxygen atoms in total. The van der Waals surface area contributed by atoms with Crippen molar-refractivity contribution in [2.24, 2.45) is 5.92 Å². The monoisotopic (exact) mass is 792 g/mol. The molecular weight excluding hydrogens is 737 g/mol.